The smallest absolute Gasteiger partial charge is 0.387 e. The van der Waals surface area contributed by atoms with Crippen molar-refractivity contribution in [3.05, 3.63) is 53.6 Å². The van der Waals surface area contributed by atoms with Crippen molar-refractivity contribution in [3.63, 3.8) is 0 Å². The molecular formula is C18H18F2N2O5. The van der Waals surface area contributed by atoms with Gasteiger partial charge in [0.1, 0.15) is 0 Å². The fraction of sp³-hybridized carbons (Fsp3) is 0.222. The lowest BCUT2D eigenvalue weighted by Gasteiger charge is -2.12. The fourth-order valence-corrected chi connectivity index (χ4v) is 2.10. The molecule has 0 aliphatic heterocycles. The number of nitrogen functional groups attached to an aromatic ring is 1. The molecule has 2 aromatic rings. The molecule has 0 atom stereocenters. The Morgan fingerprint density at radius 1 is 1.11 bits per heavy atom. The van der Waals surface area contributed by atoms with Crippen molar-refractivity contribution in [2.45, 2.75) is 13.2 Å². The summed E-state index contributed by atoms with van der Waals surface area (Å²) in [6.07, 6.45) is 0. The van der Waals surface area contributed by atoms with Crippen LogP contribution in [0.1, 0.15) is 15.9 Å². The van der Waals surface area contributed by atoms with Crippen LogP contribution in [0.2, 0.25) is 0 Å². The number of carbonyl (C=O) groups excluding carboxylic acids is 2. The van der Waals surface area contributed by atoms with Crippen LogP contribution in [-0.4, -0.2) is 32.2 Å². The van der Waals surface area contributed by atoms with Crippen LogP contribution in [0.4, 0.5) is 14.5 Å². The molecule has 0 radical (unpaired) electrons. The molecule has 3 N–H and O–H groups in total. The first-order valence-corrected chi connectivity index (χ1v) is 7.80. The lowest BCUT2D eigenvalue weighted by molar-refractivity contribution is -0.124. The summed E-state index contributed by atoms with van der Waals surface area (Å²) in [4.78, 5) is 23.6. The number of rotatable bonds is 8. The van der Waals surface area contributed by atoms with Gasteiger partial charge in [0.05, 0.1) is 12.7 Å². The Kier molecular flexibility index (Phi) is 6.93. The molecule has 0 heterocycles. The first-order chi connectivity index (χ1) is 12.9. The van der Waals surface area contributed by atoms with Gasteiger partial charge in [0.25, 0.3) is 5.91 Å². The van der Waals surface area contributed by atoms with Crippen molar-refractivity contribution in [2.24, 2.45) is 0 Å². The van der Waals surface area contributed by atoms with Crippen molar-refractivity contribution in [3.8, 4) is 11.5 Å². The SMILES string of the molecule is COc1cc(CNC(=O)COC(=O)c2ccc(N)cc2)ccc1OC(F)F. The largest absolute Gasteiger partial charge is 0.493 e. The van der Waals surface area contributed by atoms with Crippen molar-refractivity contribution in [1.82, 2.24) is 5.32 Å². The number of ether oxygens (including phenoxy) is 3. The van der Waals surface area contributed by atoms with Crippen LogP contribution in [-0.2, 0) is 16.1 Å². The predicted octanol–water partition coefficient (Wildman–Crippen LogP) is 2.35. The Labute approximate surface area is 154 Å². The molecule has 0 saturated carbocycles. The zero-order valence-corrected chi connectivity index (χ0v) is 14.4. The molecule has 0 spiro atoms. The summed E-state index contributed by atoms with van der Waals surface area (Å²) in [5.74, 6) is -1.18. The van der Waals surface area contributed by atoms with Gasteiger partial charge in [-0.3, -0.25) is 4.79 Å². The number of esters is 1. The lowest BCUT2D eigenvalue weighted by Crippen LogP contribution is -2.28. The number of methoxy groups -OCH3 is 1. The summed E-state index contributed by atoms with van der Waals surface area (Å²) in [5.41, 5.74) is 6.90. The predicted molar refractivity (Wildman–Crippen MR) is 92.6 cm³/mol. The van der Waals surface area contributed by atoms with Gasteiger partial charge in [-0.2, -0.15) is 8.78 Å². The lowest BCUT2D eigenvalue weighted by atomic mass is 10.2. The number of alkyl halides is 2. The number of nitrogens with one attached hydrogen (secondary N) is 1. The molecule has 2 rings (SSSR count). The molecule has 9 heteroatoms. The number of carbonyl (C=O) groups is 2. The Balaban J connectivity index is 1.84. The van der Waals surface area contributed by atoms with Gasteiger partial charge >= 0.3 is 12.6 Å². The van der Waals surface area contributed by atoms with E-state index in [0.29, 0.717) is 11.3 Å². The van der Waals surface area contributed by atoms with E-state index in [2.05, 4.69) is 10.1 Å². The third kappa shape index (κ3) is 6.14. The summed E-state index contributed by atoms with van der Waals surface area (Å²) in [6, 6.07) is 10.3. The molecule has 144 valence electrons. The standard InChI is InChI=1S/C18H18F2N2O5/c1-25-15-8-11(2-7-14(15)27-18(19)20)9-22-16(23)10-26-17(24)12-3-5-13(21)6-4-12/h2-8,18H,9-10,21H2,1H3,(H,22,23). The maximum absolute atomic E-state index is 12.3. The van der Waals surface area contributed by atoms with Crippen LogP contribution in [0.25, 0.3) is 0 Å². The van der Waals surface area contributed by atoms with Gasteiger partial charge in [-0.15, -0.1) is 0 Å². The third-order valence-corrected chi connectivity index (χ3v) is 3.41. The maximum Gasteiger partial charge on any atom is 0.387 e. The average Bonchev–Trinajstić information content (AvgIpc) is 2.65. The average molecular weight is 380 g/mol. The normalized spacial score (nSPS) is 10.4. The van der Waals surface area contributed by atoms with Gasteiger partial charge in [-0.25, -0.2) is 4.79 Å². The third-order valence-electron chi connectivity index (χ3n) is 3.41. The Morgan fingerprint density at radius 3 is 2.44 bits per heavy atom. The first kappa shape index (κ1) is 20.0. The van der Waals surface area contributed by atoms with Gasteiger partial charge in [0.15, 0.2) is 18.1 Å². The minimum absolute atomic E-state index is 0.0869. The van der Waals surface area contributed by atoms with Crippen LogP contribution >= 0.6 is 0 Å². The summed E-state index contributed by atoms with van der Waals surface area (Å²) in [6.45, 7) is -3.35. The summed E-state index contributed by atoms with van der Waals surface area (Å²) in [5, 5.41) is 2.55. The molecule has 7 nitrogen and oxygen atoms in total. The Morgan fingerprint density at radius 2 is 1.81 bits per heavy atom. The highest BCUT2D eigenvalue weighted by Crippen LogP contribution is 2.29. The number of nitrogens with two attached hydrogens (primary N) is 1. The molecule has 0 aliphatic carbocycles. The molecule has 0 fully saturated rings. The highest BCUT2D eigenvalue weighted by Gasteiger charge is 2.13. The Hall–Kier alpha value is -3.36. The highest BCUT2D eigenvalue weighted by atomic mass is 19.3. The summed E-state index contributed by atoms with van der Waals surface area (Å²) < 4.78 is 38.8. The minimum atomic E-state index is -2.97. The molecule has 27 heavy (non-hydrogen) atoms. The summed E-state index contributed by atoms with van der Waals surface area (Å²) in [7, 11) is 1.31. The van der Waals surface area contributed by atoms with E-state index < -0.39 is 25.1 Å². The van der Waals surface area contributed by atoms with Crippen molar-refractivity contribution in [1.29, 1.82) is 0 Å². The number of amides is 1. The van der Waals surface area contributed by atoms with E-state index in [9.17, 15) is 18.4 Å². The number of anilines is 1. The molecule has 0 saturated heterocycles. The number of halogens is 2. The second-order valence-corrected chi connectivity index (χ2v) is 5.34. The number of hydrogen-bond acceptors (Lipinski definition) is 6. The maximum atomic E-state index is 12.3. The second kappa shape index (κ2) is 9.37. The van der Waals surface area contributed by atoms with Gasteiger partial charge in [0, 0.05) is 12.2 Å². The molecule has 0 bridgehead atoms. The second-order valence-electron chi connectivity index (χ2n) is 5.34. The van der Waals surface area contributed by atoms with Crippen molar-refractivity contribution >= 4 is 17.6 Å². The molecule has 0 unspecified atom stereocenters. The van der Waals surface area contributed by atoms with Crippen LogP contribution < -0.4 is 20.5 Å². The van der Waals surface area contributed by atoms with Crippen molar-refractivity contribution in [2.75, 3.05) is 19.5 Å². The van der Waals surface area contributed by atoms with E-state index in [1.807, 2.05) is 0 Å². The topological polar surface area (TPSA) is 99.9 Å². The molecule has 0 aliphatic rings. The van der Waals surface area contributed by atoms with Gasteiger partial charge < -0.3 is 25.3 Å². The number of hydrogen-bond donors (Lipinski definition) is 2. The van der Waals surface area contributed by atoms with Crippen LogP contribution in [0.5, 0.6) is 11.5 Å². The minimum Gasteiger partial charge on any atom is -0.493 e. The Bertz CT molecular complexity index is 797. The fourth-order valence-electron chi connectivity index (χ4n) is 2.10. The van der Waals surface area contributed by atoms with Crippen LogP contribution in [0, 0.1) is 0 Å². The molecule has 0 aromatic heterocycles. The van der Waals surface area contributed by atoms with E-state index in [1.54, 1.807) is 12.1 Å². The van der Waals surface area contributed by atoms with Crippen LogP contribution in [0.3, 0.4) is 0 Å². The molecular weight excluding hydrogens is 362 g/mol. The summed E-state index contributed by atoms with van der Waals surface area (Å²) >= 11 is 0. The molecule has 2 aromatic carbocycles. The van der Waals surface area contributed by atoms with Gasteiger partial charge in [0.2, 0.25) is 0 Å². The number of benzene rings is 2. The zero-order chi connectivity index (χ0) is 19.8. The molecule has 1 amide bonds. The monoisotopic (exact) mass is 380 g/mol. The van der Waals surface area contributed by atoms with Crippen LogP contribution in [0.15, 0.2) is 42.5 Å². The van der Waals surface area contributed by atoms with Gasteiger partial charge in [-0.05, 0) is 42.0 Å². The zero-order valence-electron chi connectivity index (χ0n) is 14.4. The highest BCUT2D eigenvalue weighted by molar-refractivity contribution is 5.91. The van der Waals surface area contributed by atoms with E-state index >= 15 is 0 Å². The van der Waals surface area contributed by atoms with E-state index in [4.69, 9.17) is 15.2 Å². The van der Waals surface area contributed by atoms with Gasteiger partial charge in [-0.1, -0.05) is 6.07 Å². The van der Waals surface area contributed by atoms with E-state index in [1.165, 1.54) is 37.4 Å². The first-order valence-electron chi connectivity index (χ1n) is 7.80. The quantitative estimate of drug-likeness (QED) is 0.539. The van der Waals surface area contributed by atoms with E-state index in [-0.39, 0.29) is 23.6 Å². The van der Waals surface area contributed by atoms with E-state index in [0.717, 1.165) is 0 Å². The van der Waals surface area contributed by atoms with Crippen molar-refractivity contribution < 1.29 is 32.6 Å².